The van der Waals surface area contributed by atoms with E-state index in [1.54, 1.807) is 0 Å². The SMILES string of the molecule is N#Cc1c(OC(F)(F)F)ncc(C(=O)O)c1N. The predicted molar refractivity (Wildman–Crippen MR) is 47.0 cm³/mol. The van der Waals surface area contributed by atoms with Crippen LogP contribution in [-0.4, -0.2) is 22.4 Å². The molecule has 1 rings (SSSR count). The van der Waals surface area contributed by atoms with Crippen molar-refractivity contribution in [1.82, 2.24) is 4.98 Å². The number of carboxylic acids is 1. The van der Waals surface area contributed by atoms with Gasteiger partial charge >= 0.3 is 12.3 Å². The number of anilines is 1. The number of carboxylic acid groups (broad SMARTS) is 1. The van der Waals surface area contributed by atoms with Crippen LogP contribution in [0.15, 0.2) is 6.20 Å². The number of carbonyl (C=O) groups is 1. The van der Waals surface area contributed by atoms with E-state index in [4.69, 9.17) is 16.1 Å². The summed E-state index contributed by atoms with van der Waals surface area (Å²) >= 11 is 0. The van der Waals surface area contributed by atoms with Crippen LogP contribution in [0.1, 0.15) is 15.9 Å². The number of ether oxygens (including phenoxy) is 1. The maximum Gasteiger partial charge on any atom is 0.574 e. The zero-order valence-corrected chi connectivity index (χ0v) is 7.95. The fraction of sp³-hybridized carbons (Fsp3) is 0.125. The van der Waals surface area contributed by atoms with E-state index in [0.29, 0.717) is 6.20 Å². The Bertz CT molecular complexity index is 507. The van der Waals surface area contributed by atoms with Gasteiger partial charge < -0.3 is 15.6 Å². The van der Waals surface area contributed by atoms with Gasteiger partial charge in [-0.05, 0) is 0 Å². The molecule has 0 unspecified atom stereocenters. The van der Waals surface area contributed by atoms with Crippen LogP contribution in [0.3, 0.4) is 0 Å². The highest BCUT2D eigenvalue weighted by molar-refractivity contribution is 5.95. The van der Waals surface area contributed by atoms with Crippen molar-refractivity contribution in [2.75, 3.05) is 5.73 Å². The third-order valence-corrected chi connectivity index (χ3v) is 1.64. The van der Waals surface area contributed by atoms with Crippen molar-refractivity contribution in [2.45, 2.75) is 6.36 Å². The average Bonchev–Trinajstić information content (AvgIpc) is 2.15. The van der Waals surface area contributed by atoms with Crippen molar-refractivity contribution in [3.05, 3.63) is 17.3 Å². The van der Waals surface area contributed by atoms with E-state index in [9.17, 15) is 18.0 Å². The highest BCUT2D eigenvalue weighted by Gasteiger charge is 2.34. The first-order valence-electron chi connectivity index (χ1n) is 3.94. The molecule has 0 fully saturated rings. The van der Waals surface area contributed by atoms with Crippen molar-refractivity contribution in [3.8, 4) is 11.9 Å². The lowest BCUT2D eigenvalue weighted by molar-refractivity contribution is -0.276. The van der Waals surface area contributed by atoms with Crippen molar-refractivity contribution in [2.24, 2.45) is 0 Å². The number of pyridine rings is 1. The van der Waals surface area contributed by atoms with Gasteiger partial charge in [-0.3, -0.25) is 0 Å². The molecule has 0 saturated carbocycles. The molecule has 0 aromatic carbocycles. The monoisotopic (exact) mass is 247 g/mol. The Hall–Kier alpha value is -2.50. The highest BCUT2D eigenvalue weighted by atomic mass is 19.4. The standard InChI is InChI=1S/C8H4F3N3O3/c9-8(10,11)17-6-3(1-12)5(13)4(2-14-6)7(15)16/h2H,(H2,13,14)(H,15,16). The molecule has 1 aromatic heterocycles. The number of alkyl halides is 3. The van der Waals surface area contributed by atoms with Crippen LogP contribution in [0.5, 0.6) is 5.88 Å². The lowest BCUT2D eigenvalue weighted by Crippen LogP contribution is -2.19. The molecule has 0 amide bonds. The summed E-state index contributed by atoms with van der Waals surface area (Å²) in [6, 6.07) is 1.31. The van der Waals surface area contributed by atoms with Gasteiger partial charge in [-0.2, -0.15) is 5.26 Å². The van der Waals surface area contributed by atoms with Crippen molar-refractivity contribution >= 4 is 11.7 Å². The number of halogens is 3. The molecular formula is C8H4F3N3O3. The molecule has 3 N–H and O–H groups in total. The van der Waals surface area contributed by atoms with Gasteiger partial charge in [0.15, 0.2) is 0 Å². The summed E-state index contributed by atoms with van der Waals surface area (Å²) in [5, 5.41) is 17.2. The van der Waals surface area contributed by atoms with E-state index < -0.39 is 35.0 Å². The molecule has 17 heavy (non-hydrogen) atoms. The maximum absolute atomic E-state index is 11.9. The van der Waals surface area contributed by atoms with E-state index in [1.165, 1.54) is 6.07 Å². The molecule has 0 aliphatic carbocycles. The van der Waals surface area contributed by atoms with Crippen LogP contribution in [0.25, 0.3) is 0 Å². The van der Waals surface area contributed by atoms with Gasteiger partial charge in [-0.1, -0.05) is 0 Å². The Morgan fingerprint density at radius 1 is 1.59 bits per heavy atom. The predicted octanol–water partition coefficient (Wildman–Crippen LogP) is 1.13. The van der Waals surface area contributed by atoms with E-state index >= 15 is 0 Å². The molecule has 0 spiro atoms. The topological polar surface area (TPSA) is 109 Å². The molecule has 0 saturated heterocycles. The molecule has 9 heteroatoms. The average molecular weight is 247 g/mol. The van der Waals surface area contributed by atoms with E-state index in [1.807, 2.05) is 0 Å². The summed E-state index contributed by atoms with van der Waals surface area (Å²) < 4.78 is 39.2. The number of nitrogens with zero attached hydrogens (tertiary/aromatic N) is 2. The van der Waals surface area contributed by atoms with Crippen LogP contribution in [-0.2, 0) is 0 Å². The van der Waals surface area contributed by atoms with Crippen LogP contribution < -0.4 is 10.5 Å². The summed E-state index contributed by atoms with van der Waals surface area (Å²) in [7, 11) is 0. The van der Waals surface area contributed by atoms with Crippen molar-refractivity contribution < 1.29 is 27.8 Å². The van der Waals surface area contributed by atoms with Gasteiger partial charge in [-0.25, -0.2) is 9.78 Å². The third-order valence-electron chi connectivity index (χ3n) is 1.64. The van der Waals surface area contributed by atoms with Crippen LogP contribution >= 0.6 is 0 Å². The van der Waals surface area contributed by atoms with Gasteiger partial charge in [0.25, 0.3) is 0 Å². The number of aromatic carboxylic acids is 1. The molecule has 90 valence electrons. The Balaban J connectivity index is 3.33. The Kier molecular flexibility index (Phi) is 3.08. The smallest absolute Gasteiger partial charge is 0.478 e. The normalized spacial score (nSPS) is 10.7. The van der Waals surface area contributed by atoms with Crippen LogP contribution in [0, 0.1) is 11.3 Å². The first-order valence-corrected chi connectivity index (χ1v) is 3.94. The second-order valence-corrected chi connectivity index (χ2v) is 2.73. The molecule has 0 aliphatic heterocycles. The summed E-state index contributed by atoms with van der Waals surface area (Å²) in [6.07, 6.45) is -4.46. The van der Waals surface area contributed by atoms with Crippen molar-refractivity contribution in [1.29, 1.82) is 5.26 Å². The second-order valence-electron chi connectivity index (χ2n) is 2.73. The van der Waals surface area contributed by atoms with Gasteiger partial charge in [0, 0.05) is 6.20 Å². The number of nitrogen functional groups attached to an aromatic ring is 1. The quantitative estimate of drug-likeness (QED) is 0.810. The van der Waals surface area contributed by atoms with Gasteiger partial charge in [-0.15, -0.1) is 13.2 Å². The molecule has 6 nitrogen and oxygen atoms in total. The van der Waals surface area contributed by atoms with Crippen LogP contribution in [0.2, 0.25) is 0 Å². The van der Waals surface area contributed by atoms with Gasteiger partial charge in [0.1, 0.15) is 17.2 Å². The lowest BCUT2D eigenvalue weighted by atomic mass is 10.1. The summed E-state index contributed by atoms with van der Waals surface area (Å²) in [6.45, 7) is 0. The largest absolute Gasteiger partial charge is 0.574 e. The second kappa shape index (κ2) is 4.17. The fourth-order valence-corrected chi connectivity index (χ4v) is 0.973. The van der Waals surface area contributed by atoms with E-state index in [-0.39, 0.29) is 0 Å². The Morgan fingerprint density at radius 3 is 2.59 bits per heavy atom. The Morgan fingerprint density at radius 2 is 2.18 bits per heavy atom. The number of nitriles is 1. The fourth-order valence-electron chi connectivity index (χ4n) is 0.973. The molecular weight excluding hydrogens is 243 g/mol. The molecule has 1 aromatic rings. The zero-order valence-electron chi connectivity index (χ0n) is 7.95. The number of rotatable bonds is 2. The molecule has 0 atom stereocenters. The number of aromatic nitrogens is 1. The lowest BCUT2D eigenvalue weighted by Gasteiger charge is -2.11. The van der Waals surface area contributed by atoms with Gasteiger partial charge in [0.2, 0.25) is 5.88 Å². The zero-order chi connectivity index (χ0) is 13.2. The molecule has 0 bridgehead atoms. The summed E-state index contributed by atoms with van der Waals surface area (Å²) in [4.78, 5) is 13.7. The number of nitrogens with two attached hydrogens (primary N) is 1. The van der Waals surface area contributed by atoms with Crippen LogP contribution in [0.4, 0.5) is 18.9 Å². The van der Waals surface area contributed by atoms with Gasteiger partial charge in [0.05, 0.1) is 5.69 Å². The van der Waals surface area contributed by atoms with E-state index in [0.717, 1.165) is 0 Å². The molecule has 0 aliphatic rings. The first kappa shape index (κ1) is 12.6. The number of hydrogen-bond acceptors (Lipinski definition) is 5. The summed E-state index contributed by atoms with van der Waals surface area (Å²) in [5.41, 5.74) is 3.24. The summed E-state index contributed by atoms with van der Waals surface area (Å²) in [5.74, 6) is -2.59. The minimum absolute atomic E-state index is 0.573. The Labute approximate surface area is 92.0 Å². The number of hydrogen-bond donors (Lipinski definition) is 2. The third kappa shape index (κ3) is 2.75. The maximum atomic E-state index is 11.9. The minimum atomic E-state index is -5.05. The molecule has 1 heterocycles. The molecule has 0 radical (unpaired) electrons. The minimum Gasteiger partial charge on any atom is -0.478 e. The van der Waals surface area contributed by atoms with E-state index in [2.05, 4.69) is 9.72 Å². The van der Waals surface area contributed by atoms with Crippen molar-refractivity contribution in [3.63, 3.8) is 0 Å². The highest BCUT2D eigenvalue weighted by Crippen LogP contribution is 2.29. The first-order chi connectivity index (χ1) is 7.76.